The minimum Gasteiger partial charge on any atom is -0.455 e. The molecule has 0 aliphatic carbocycles. The summed E-state index contributed by atoms with van der Waals surface area (Å²) >= 11 is 0. The van der Waals surface area contributed by atoms with E-state index in [0.29, 0.717) is 0 Å². The highest BCUT2D eigenvalue weighted by Crippen LogP contribution is 2.44. The zero-order chi connectivity index (χ0) is 33.7. The third-order valence-electron chi connectivity index (χ3n) is 9.56. The van der Waals surface area contributed by atoms with Crippen LogP contribution in [-0.4, -0.2) is 19.9 Å². The van der Waals surface area contributed by atoms with Crippen molar-refractivity contribution in [3.05, 3.63) is 170 Å². The van der Waals surface area contributed by atoms with Crippen LogP contribution in [0.4, 0.5) is 0 Å². The zero-order valence-electron chi connectivity index (χ0n) is 27.4. The van der Waals surface area contributed by atoms with Gasteiger partial charge in [-0.25, -0.2) is 9.97 Å². The molecule has 0 unspecified atom stereocenters. The van der Waals surface area contributed by atoms with Crippen LogP contribution in [0.3, 0.4) is 0 Å². The van der Waals surface area contributed by atoms with Crippen LogP contribution in [0.15, 0.2) is 175 Å². The molecule has 5 aromatic heterocycles. The lowest BCUT2D eigenvalue weighted by Crippen LogP contribution is -1.94. The van der Waals surface area contributed by atoms with E-state index in [0.717, 1.165) is 99.9 Å². The van der Waals surface area contributed by atoms with E-state index in [9.17, 15) is 0 Å². The topological polar surface area (TPSA) is 64.7 Å². The average Bonchev–Trinajstić information content (AvgIpc) is 3.60. The summed E-state index contributed by atoms with van der Waals surface area (Å²) in [6.07, 6.45) is 3.59. The van der Waals surface area contributed by atoms with E-state index < -0.39 is 0 Å². The lowest BCUT2D eigenvalue weighted by atomic mass is 9.94. The molecule has 0 spiro atoms. The van der Waals surface area contributed by atoms with Crippen molar-refractivity contribution in [2.24, 2.45) is 0 Å². The van der Waals surface area contributed by atoms with Crippen molar-refractivity contribution in [2.45, 2.75) is 0 Å². The molecule has 0 bridgehead atoms. The molecule has 5 heterocycles. The first kappa shape index (κ1) is 29.0. The fourth-order valence-electron chi connectivity index (χ4n) is 7.23. The molecule has 5 heteroatoms. The maximum Gasteiger partial charge on any atom is 0.143 e. The maximum atomic E-state index is 6.79. The third-order valence-corrected chi connectivity index (χ3v) is 9.56. The summed E-state index contributed by atoms with van der Waals surface area (Å²) in [5.41, 5.74) is 12.1. The predicted octanol–water partition coefficient (Wildman–Crippen LogP) is 11.8. The van der Waals surface area contributed by atoms with Gasteiger partial charge in [0.25, 0.3) is 0 Å². The molecule has 0 aliphatic heterocycles. The average molecular weight is 653 g/mol. The molecule has 5 nitrogen and oxygen atoms in total. The monoisotopic (exact) mass is 652 g/mol. The van der Waals surface area contributed by atoms with E-state index in [2.05, 4.69) is 125 Å². The molecule has 0 amide bonds. The second-order valence-corrected chi connectivity index (χ2v) is 12.6. The first-order chi connectivity index (χ1) is 25.3. The number of aromatic nitrogens is 4. The van der Waals surface area contributed by atoms with Gasteiger partial charge >= 0.3 is 0 Å². The van der Waals surface area contributed by atoms with Gasteiger partial charge in [-0.05, 0) is 77.4 Å². The quantitative estimate of drug-likeness (QED) is 0.173. The number of furan rings is 1. The van der Waals surface area contributed by atoms with Crippen LogP contribution < -0.4 is 0 Å². The van der Waals surface area contributed by atoms with Crippen LogP contribution in [0.5, 0.6) is 0 Å². The number of rotatable bonds is 5. The van der Waals surface area contributed by atoms with Crippen molar-refractivity contribution in [3.63, 3.8) is 0 Å². The van der Waals surface area contributed by atoms with E-state index in [1.807, 2.05) is 42.5 Å². The Morgan fingerprint density at radius 1 is 0.392 bits per heavy atom. The van der Waals surface area contributed by atoms with Crippen LogP contribution in [0, 0.1) is 0 Å². The maximum absolute atomic E-state index is 6.79. The molecular formula is C46H28N4O. The minimum absolute atomic E-state index is 0.794. The normalized spacial score (nSPS) is 11.5. The molecule has 0 radical (unpaired) electrons. The van der Waals surface area contributed by atoms with E-state index in [-0.39, 0.29) is 0 Å². The minimum atomic E-state index is 0.794. The van der Waals surface area contributed by atoms with Crippen molar-refractivity contribution >= 4 is 43.6 Å². The number of fused-ring (bicyclic) bond motifs is 7. The molecule has 0 saturated carbocycles. The van der Waals surface area contributed by atoms with Crippen molar-refractivity contribution in [1.82, 2.24) is 19.9 Å². The Morgan fingerprint density at radius 3 is 1.82 bits per heavy atom. The Morgan fingerprint density at radius 2 is 1.06 bits per heavy atom. The summed E-state index contributed by atoms with van der Waals surface area (Å²) < 4.78 is 6.79. The van der Waals surface area contributed by atoms with Gasteiger partial charge in [-0.1, -0.05) is 97.1 Å². The molecule has 10 rings (SSSR count). The zero-order valence-corrected chi connectivity index (χ0v) is 27.4. The van der Waals surface area contributed by atoms with Gasteiger partial charge in [0.05, 0.1) is 34.0 Å². The first-order valence-corrected chi connectivity index (χ1v) is 17.0. The number of nitrogens with zero attached hydrogens (tertiary/aromatic N) is 4. The summed E-state index contributed by atoms with van der Waals surface area (Å²) in [4.78, 5) is 19.3. The Hall–Kier alpha value is -6.98. The molecule has 0 aliphatic rings. The SMILES string of the molecule is c1ccc(-c2nc3ccccc3c3c2ccc2oc4c(-c5cccc(-c6cc(-c7ccccn7)nc(-c7ccccn7)c6)c5)cccc4c23)cc1. The van der Waals surface area contributed by atoms with Crippen LogP contribution in [0.25, 0.3) is 99.9 Å². The molecular weight excluding hydrogens is 625 g/mol. The molecule has 0 fully saturated rings. The molecule has 51 heavy (non-hydrogen) atoms. The van der Waals surface area contributed by atoms with Crippen LogP contribution in [0.1, 0.15) is 0 Å². The second kappa shape index (κ2) is 11.9. The lowest BCUT2D eigenvalue weighted by molar-refractivity contribution is 0.670. The fraction of sp³-hybridized carbons (Fsp3) is 0. The molecule has 0 N–H and O–H groups in total. The summed E-state index contributed by atoms with van der Waals surface area (Å²) in [6.45, 7) is 0. The molecule has 5 aromatic carbocycles. The fourth-order valence-corrected chi connectivity index (χ4v) is 7.23. The third kappa shape index (κ3) is 4.94. The Balaban J connectivity index is 1.17. The van der Waals surface area contributed by atoms with Crippen molar-refractivity contribution in [3.8, 4) is 56.3 Å². The Bertz CT molecular complexity index is 2840. The Labute approximate surface area is 293 Å². The van der Waals surface area contributed by atoms with Crippen molar-refractivity contribution < 1.29 is 4.42 Å². The number of hydrogen-bond donors (Lipinski definition) is 0. The van der Waals surface area contributed by atoms with E-state index in [1.165, 1.54) is 0 Å². The molecule has 238 valence electrons. The van der Waals surface area contributed by atoms with Gasteiger partial charge < -0.3 is 4.42 Å². The van der Waals surface area contributed by atoms with Gasteiger partial charge in [0.2, 0.25) is 0 Å². The highest BCUT2D eigenvalue weighted by Gasteiger charge is 2.19. The number of pyridine rings is 4. The second-order valence-electron chi connectivity index (χ2n) is 12.6. The van der Waals surface area contributed by atoms with E-state index in [1.54, 1.807) is 12.4 Å². The van der Waals surface area contributed by atoms with Gasteiger partial charge in [0.1, 0.15) is 11.2 Å². The van der Waals surface area contributed by atoms with Gasteiger partial charge in [-0.2, -0.15) is 0 Å². The van der Waals surface area contributed by atoms with Crippen molar-refractivity contribution in [1.29, 1.82) is 0 Å². The first-order valence-electron chi connectivity index (χ1n) is 17.0. The molecule has 10 aromatic rings. The summed E-state index contributed by atoms with van der Waals surface area (Å²) in [5.74, 6) is 0. The highest BCUT2D eigenvalue weighted by atomic mass is 16.3. The van der Waals surface area contributed by atoms with E-state index in [4.69, 9.17) is 14.4 Å². The van der Waals surface area contributed by atoms with Gasteiger partial charge in [0.15, 0.2) is 0 Å². The van der Waals surface area contributed by atoms with Crippen LogP contribution in [0.2, 0.25) is 0 Å². The largest absolute Gasteiger partial charge is 0.455 e. The highest BCUT2D eigenvalue weighted by molar-refractivity contribution is 6.29. The number of benzene rings is 5. The molecule has 0 saturated heterocycles. The summed E-state index contributed by atoms with van der Waals surface area (Å²) in [7, 11) is 0. The Kier molecular flexibility index (Phi) is 6.74. The number of para-hydroxylation sites is 2. The predicted molar refractivity (Wildman–Crippen MR) is 207 cm³/mol. The van der Waals surface area contributed by atoms with Gasteiger partial charge in [0, 0.05) is 50.5 Å². The lowest BCUT2D eigenvalue weighted by Gasteiger charge is -2.11. The van der Waals surface area contributed by atoms with E-state index >= 15 is 0 Å². The smallest absolute Gasteiger partial charge is 0.143 e. The number of hydrogen-bond acceptors (Lipinski definition) is 5. The van der Waals surface area contributed by atoms with Gasteiger partial charge in [-0.15, -0.1) is 0 Å². The van der Waals surface area contributed by atoms with Gasteiger partial charge in [-0.3, -0.25) is 9.97 Å². The van der Waals surface area contributed by atoms with Crippen LogP contribution in [-0.2, 0) is 0 Å². The summed E-state index contributed by atoms with van der Waals surface area (Å²) in [5, 5.41) is 5.55. The van der Waals surface area contributed by atoms with Crippen LogP contribution >= 0.6 is 0 Å². The standard InChI is InChI=1S/C46H28N4O/c1-2-12-29(13-3-1)45-35-22-23-42-44(43(35)34-16-4-5-19-37(34)50-45)36-18-11-17-33(46(36)51-42)31-15-10-14-30(26-31)32-27-40(38-20-6-8-24-47-38)49-41(28-32)39-21-7-9-25-48-39/h1-28H. The molecule has 0 atom stereocenters. The summed E-state index contributed by atoms with van der Waals surface area (Å²) in [6, 6.07) is 54.1. The van der Waals surface area contributed by atoms with Crippen molar-refractivity contribution in [2.75, 3.05) is 0 Å².